The van der Waals surface area contributed by atoms with Gasteiger partial charge in [-0.05, 0) is 36.6 Å². The minimum Gasteiger partial charge on any atom is -0.326 e. The fourth-order valence-electron chi connectivity index (χ4n) is 2.72. The Labute approximate surface area is 163 Å². The number of amides is 1. The third kappa shape index (κ3) is 4.93. The first-order valence-electron chi connectivity index (χ1n) is 8.72. The summed E-state index contributed by atoms with van der Waals surface area (Å²) >= 11 is 1.14. The van der Waals surface area contributed by atoms with E-state index in [0.717, 1.165) is 27.2 Å². The molecule has 5 nitrogen and oxygen atoms in total. The number of hydrogen-bond acceptors (Lipinski definition) is 5. The number of aromatic nitrogens is 1. The third-order valence-corrected chi connectivity index (χ3v) is 7.51. The summed E-state index contributed by atoms with van der Waals surface area (Å²) in [6.45, 7) is 5.74. The quantitative estimate of drug-likeness (QED) is 0.670. The maximum Gasteiger partial charge on any atom is 0.228 e. The van der Waals surface area contributed by atoms with E-state index in [1.165, 1.54) is 0 Å². The Hall–Kier alpha value is -2.25. The van der Waals surface area contributed by atoms with E-state index in [2.05, 4.69) is 10.3 Å². The van der Waals surface area contributed by atoms with Crippen LogP contribution in [-0.4, -0.2) is 25.1 Å². The van der Waals surface area contributed by atoms with Gasteiger partial charge in [0.25, 0.3) is 0 Å². The second-order valence-electron chi connectivity index (χ2n) is 7.05. The van der Waals surface area contributed by atoms with Gasteiger partial charge in [0.2, 0.25) is 20.1 Å². The zero-order valence-electron chi connectivity index (χ0n) is 15.5. The maximum absolute atomic E-state index is 12.4. The largest absolute Gasteiger partial charge is 0.326 e. The Kier molecular flexibility index (Phi) is 5.62. The fourth-order valence-corrected chi connectivity index (χ4v) is 5.70. The summed E-state index contributed by atoms with van der Waals surface area (Å²) in [6.07, 6.45) is 0.287. The molecule has 0 saturated carbocycles. The number of carbonyl (C=O) groups excluding carboxylic acids is 1. The van der Waals surface area contributed by atoms with E-state index >= 15 is 0 Å². The molecule has 0 bridgehead atoms. The lowest BCUT2D eigenvalue weighted by molar-refractivity contribution is -0.115. The number of aryl methyl sites for hydroxylation is 1. The summed E-state index contributed by atoms with van der Waals surface area (Å²) in [5, 5.41) is 2.87. The molecule has 0 fully saturated rings. The summed E-state index contributed by atoms with van der Waals surface area (Å²) in [5.41, 5.74) is 3.35. The normalized spacial score (nSPS) is 11.9. The second kappa shape index (κ2) is 7.78. The van der Waals surface area contributed by atoms with Crippen molar-refractivity contribution >= 4 is 43.0 Å². The number of rotatable bonds is 6. The molecule has 1 N–H and O–H groups in total. The highest BCUT2D eigenvalue weighted by molar-refractivity contribution is 7.93. The van der Waals surface area contributed by atoms with Gasteiger partial charge in [0.05, 0.1) is 22.4 Å². The van der Waals surface area contributed by atoms with Crippen molar-refractivity contribution in [1.82, 2.24) is 4.98 Å². The average molecular weight is 403 g/mol. The van der Waals surface area contributed by atoms with Crippen molar-refractivity contribution in [3.8, 4) is 0 Å². The minimum absolute atomic E-state index is 0.0404. The molecule has 0 radical (unpaired) electrons. The molecule has 0 atom stereocenters. The lowest BCUT2D eigenvalue weighted by Crippen LogP contribution is -2.14. The van der Waals surface area contributed by atoms with Crippen LogP contribution < -0.4 is 5.32 Å². The van der Waals surface area contributed by atoms with Crippen molar-refractivity contribution in [2.45, 2.75) is 31.5 Å². The molecule has 7 heteroatoms. The Bertz CT molecular complexity index is 1070. The number of benzene rings is 2. The highest BCUT2D eigenvalue weighted by Gasteiger charge is 2.21. The van der Waals surface area contributed by atoms with Gasteiger partial charge in [-0.25, -0.2) is 13.4 Å². The van der Waals surface area contributed by atoms with Gasteiger partial charge in [0.1, 0.15) is 0 Å². The summed E-state index contributed by atoms with van der Waals surface area (Å²) in [4.78, 5) is 16.5. The number of anilines is 1. The molecule has 1 heterocycles. The van der Waals surface area contributed by atoms with Crippen LogP contribution >= 0.6 is 11.3 Å². The zero-order valence-corrected chi connectivity index (χ0v) is 17.2. The van der Waals surface area contributed by atoms with E-state index in [9.17, 15) is 13.2 Å². The van der Waals surface area contributed by atoms with Gasteiger partial charge in [0.15, 0.2) is 0 Å². The van der Waals surface area contributed by atoms with Crippen molar-refractivity contribution in [1.29, 1.82) is 0 Å². The summed E-state index contributed by atoms with van der Waals surface area (Å²) < 4.78 is 25.6. The van der Waals surface area contributed by atoms with E-state index in [1.54, 1.807) is 18.2 Å². The van der Waals surface area contributed by atoms with E-state index in [0.29, 0.717) is 11.2 Å². The van der Waals surface area contributed by atoms with Gasteiger partial charge in [-0.2, -0.15) is 0 Å². The molecule has 27 heavy (non-hydrogen) atoms. The van der Waals surface area contributed by atoms with Crippen LogP contribution in [0.15, 0.2) is 46.8 Å². The predicted octanol–water partition coefficient (Wildman–Crippen LogP) is 4.22. The number of hydrogen-bond donors (Lipinski definition) is 1. The van der Waals surface area contributed by atoms with Crippen LogP contribution in [0.4, 0.5) is 5.69 Å². The van der Waals surface area contributed by atoms with Gasteiger partial charge < -0.3 is 5.32 Å². The first kappa shape index (κ1) is 19.5. The number of thiazole rings is 1. The fraction of sp³-hybridized carbons (Fsp3) is 0.300. The Morgan fingerprint density at radius 3 is 2.52 bits per heavy atom. The molecule has 0 aliphatic heterocycles. The molecule has 0 aliphatic carbocycles. The van der Waals surface area contributed by atoms with Crippen molar-refractivity contribution in [2.24, 2.45) is 5.92 Å². The van der Waals surface area contributed by atoms with Gasteiger partial charge in [0, 0.05) is 5.69 Å². The van der Waals surface area contributed by atoms with Crippen molar-refractivity contribution < 1.29 is 13.2 Å². The number of fused-ring (bicyclic) bond motifs is 1. The molecule has 142 valence electrons. The summed E-state index contributed by atoms with van der Waals surface area (Å²) in [5.74, 6) is 0.00136. The molecule has 0 unspecified atom stereocenters. The molecular weight excluding hydrogens is 380 g/mol. The summed E-state index contributed by atoms with van der Waals surface area (Å²) in [6, 6.07) is 13.1. The topological polar surface area (TPSA) is 76.1 Å². The Morgan fingerprint density at radius 1 is 1.15 bits per heavy atom. The monoisotopic (exact) mass is 402 g/mol. The molecule has 1 aromatic heterocycles. The highest BCUT2D eigenvalue weighted by Crippen LogP contribution is 2.29. The predicted molar refractivity (Wildman–Crippen MR) is 110 cm³/mol. The SMILES string of the molecule is Cc1ccc(CC(=O)Nc2ccc3nc(S(=O)(=O)CC(C)C)sc3c2)cc1. The van der Waals surface area contributed by atoms with Crippen LogP contribution in [0.25, 0.3) is 10.2 Å². The van der Waals surface area contributed by atoms with Crippen LogP contribution in [0.5, 0.6) is 0 Å². The molecule has 0 spiro atoms. The number of sulfone groups is 1. The maximum atomic E-state index is 12.4. The molecule has 1 amide bonds. The van der Waals surface area contributed by atoms with Crippen LogP contribution in [0, 0.1) is 12.8 Å². The van der Waals surface area contributed by atoms with Crippen LogP contribution in [0.3, 0.4) is 0 Å². The lowest BCUT2D eigenvalue weighted by Gasteiger charge is -2.05. The molecule has 0 aliphatic rings. The van der Waals surface area contributed by atoms with Crippen LogP contribution in [0.1, 0.15) is 25.0 Å². The first-order chi connectivity index (χ1) is 12.7. The van der Waals surface area contributed by atoms with Gasteiger partial charge in [-0.3, -0.25) is 4.79 Å². The standard InChI is InChI=1S/C20H22N2O3S2/c1-13(2)12-27(24,25)20-22-17-9-8-16(11-18(17)26-20)21-19(23)10-15-6-4-14(3)5-7-15/h4-9,11,13H,10,12H2,1-3H3,(H,21,23). The van der Waals surface area contributed by atoms with Crippen LogP contribution in [-0.2, 0) is 21.1 Å². The molecule has 3 aromatic rings. The first-order valence-corrected chi connectivity index (χ1v) is 11.2. The van der Waals surface area contributed by atoms with Gasteiger partial charge in [-0.1, -0.05) is 43.7 Å². The smallest absolute Gasteiger partial charge is 0.228 e. The minimum atomic E-state index is -3.38. The van der Waals surface area contributed by atoms with Gasteiger partial charge in [-0.15, -0.1) is 11.3 Å². The van der Waals surface area contributed by atoms with Gasteiger partial charge >= 0.3 is 0 Å². The Morgan fingerprint density at radius 2 is 1.85 bits per heavy atom. The van der Waals surface area contributed by atoms with Crippen LogP contribution in [0.2, 0.25) is 0 Å². The molecule has 0 saturated heterocycles. The Balaban J connectivity index is 1.76. The average Bonchev–Trinajstić information content (AvgIpc) is 3.00. The highest BCUT2D eigenvalue weighted by atomic mass is 32.2. The van der Waals surface area contributed by atoms with Crippen molar-refractivity contribution in [2.75, 3.05) is 11.1 Å². The molecule has 3 rings (SSSR count). The van der Waals surface area contributed by atoms with E-state index < -0.39 is 9.84 Å². The lowest BCUT2D eigenvalue weighted by atomic mass is 10.1. The molecular formula is C20H22N2O3S2. The third-order valence-electron chi connectivity index (χ3n) is 3.96. The second-order valence-corrected chi connectivity index (χ2v) is 10.3. The number of nitrogens with zero attached hydrogens (tertiary/aromatic N) is 1. The van der Waals surface area contributed by atoms with E-state index in [-0.39, 0.29) is 28.3 Å². The number of nitrogens with one attached hydrogen (secondary N) is 1. The van der Waals surface area contributed by atoms with Crippen molar-refractivity contribution in [3.63, 3.8) is 0 Å². The van der Waals surface area contributed by atoms with E-state index in [4.69, 9.17) is 0 Å². The zero-order chi connectivity index (χ0) is 19.6. The summed E-state index contributed by atoms with van der Waals surface area (Å²) in [7, 11) is -3.38. The van der Waals surface area contributed by atoms with Crippen molar-refractivity contribution in [3.05, 3.63) is 53.6 Å². The number of carbonyl (C=O) groups is 1. The van der Waals surface area contributed by atoms with E-state index in [1.807, 2.05) is 45.0 Å². The molecule has 2 aromatic carbocycles.